The molecule has 8 heteroatoms. The number of halogens is 1. The number of benzene rings is 2. The van der Waals surface area contributed by atoms with Crippen molar-refractivity contribution >= 4 is 21.6 Å². The van der Waals surface area contributed by atoms with Gasteiger partial charge in [-0.05, 0) is 42.4 Å². The highest BCUT2D eigenvalue weighted by Gasteiger charge is 2.58. The molecular formula is C22H22ClN3O3S. The summed E-state index contributed by atoms with van der Waals surface area (Å²) < 4.78 is 32.8. The number of rotatable bonds is 5. The Kier molecular flexibility index (Phi) is 4.92. The van der Waals surface area contributed by atoms with Crippen LogP contribution < -0.4 is 0 Å². The maximum absolute atomic E-state index is 12.8. The number of hydrogen-bond donors (Lipinski definition) is 0. The van der Waals surface area contributed by atoms with Crippen LogP contribution in [0.4, 0.5) is 0 Å². The van der Waals surface area contributed by atoms with Gasteiger partial charge in [-0.15, -0.1) is 0 Å². The molecule has 1 atom stereocenters. The zero-order valence-corrected chi connectivity index (χ0v) is 17.9. The van der Waals surface area contributed by atoms with Crippen molar-refractivity contribution in [1.82, 2.24) is 14.4 Å². The second kappa shape index (κ2) is 7.48. The van der Waals surface area contributed by atoms with Crippen LogP contribution in [0.15, 0.2) is 59.1 Å². The van der Waals surface area contributed by atoms with Gasteiger partial charge in [0, 0.05) is 29.6 Å². The molecule has 0 unspecified atom stereocenters. The summed E-state index contributed by atoms with van der Waals surface area (Å²) in [7, 11) is -3.31. The predicted octanol–water partition coefficient (Wildman–Crippen LogP) is 4.49. The summed E-state index contributed by atoms with van der Waals surface area (Å²) in [6.07, 6.45) is 2.61. The molecule has 0 N–H and O–H groups in total. The minimum atomic E-state index is -3.31. The molecule has 2 aliphatic rings. The number of aromatic nitrogens is 2. The van der Waals surface area contributed by atoms with E-state index in [1.165, 1.54) is 0 Å². The molecule has 1 aromatic heterocycles. The van der Waals surface area contributed by atoms with Gasteiger partial charge in [-0.25, -0.2) is 12.7 Å². The maximum atomic E-state index is 12.8. The number of nitrogens with zero attached hydrogens (tertiary/aromatic N) is 3. The third-order valence-corrected chi connectivity index (χ3v) is 8.40. The van der Waals surface area contributed by atoms with Crippen molar-refractivity contribution in [3.63, 3.8) is 0 Å². The molecule has 0 amide bonds. The summed E-state index contributed by atoms with van der Waals surface area (Å²) >= 11 is 6.05. The molecule has 30 heavy (non-hydrogen) atoms. The molecule has 1 saturated carbocycles. The standard InChI is InChI=1S/C22H22ClN3O3S/c23-18-8-4-7-17(13-18)20-24-21(29-25-20)19-14-22(19)9-11-26(12-10-22)30(27,28)15-16-5-2-1-3-6-16/h1-8,13,19H,9-12,14-15H2/t19-/m1/s1. The Morgan fingerprint density at radius 2 is 1.87 bits per heavy atom. The van der Waals surface area contributed by atoms with Crippen LogP contribution in [0.3, 0.4) is 0 Å². The smallest absolute Gasteiger partial charge is 0.230 e. The van der Waals surface area contributed by atoms with Gasteiger partial charge in [-0.2, -0.15) is 4.98 Å². The van der Waals surface area contributed by atoms with E-state index in [-0.39, 0.29) is 17.1 Å². The zero-order chi connectivity index (χ0) is 20.8. The van der Waals surface area contributed by atoms with Crippen molar-refractivity contribution in [2.45, 2.75) is 30.9 Å². The maximum Gasteiger partial charge on any atom is 0.230 e. The first kappa shape index (κ1) is 19.7. The van der Waals surface area contributed by atoms with E-state index in [2.05, 4.69) is 10.1 Å². The highest BCUT2D eigenvalue weighted by Crippen LogP contribution is 2.64. The van der Waals surface area contributed by atoms with Crippen molar-refractivity contribution in [2.75, 3.05) is 13.1 Å². The van der Waals surface area contributed by atoms with Gasteiger partial charge < -0.3 is 4.52 Å². The van der Waals surface area contributed by atoms with Crippen molar-refractivity contribution in [2.24, 2.45) is 5.41 Å². The first-order valence-corrected chi connectivity index (χ1v) is 12.1. The van der Waals surface area contributed by atoms with E-state index in [0.29, 0.717) is 29.8 Å². The molecule has 2 heterocycles. The molecule has 2 fully saturated rings. The summed E-state index contributed by atoms with van der Waals surface area (Å²) in [6.45, 7) is 1.09. The fraction of sp³-hybridized carbons (Fsp3) is 0.364. The molecule has 1 spiro atoms. The molecular weight excluding hydrogens is 422 g/mol. The molecule has 1 aliphatic heterocycles. The Morgan fingerprint density at radius 1 is 1.10 bits per heavy atom. The van der Waals surface area contributed by atoms with Gasteiger partial charge in [0.05, 0.1) is 5.75 Å². The van der Waals surface area contributed by atoms with Crippen LogP contribution in [0.5, 0.6) is 0 Å². The molecule has 156 valence electrons. The summed E-state index contributed by atoms with van der Waals surface area (Å²) in [5, 5.41) is 4.75. The number of hydrogen-bond acceptors (Lipinski definition) is 5. The molecule has 1 saturated heterocycles. The lowest BCUT2D eigenvalue weighted by Gasteiger charge is -2.31. The molecule has 6 nitrogen and oxygen atoms in total. The second-order valence-corrected chi connectivity index (χ2v) is 10.6. The van der Waals surface area contributed by atoms with Gasteiger partial charge in [0.25, 0.3) is 0 Å². The molecule has 0 bridgehead atoms. The van der Waals surface area contributed by atoms with E-state index >= 15 is 0 Å². The number of sulfonamides is 1. The Hall–Kier alpha value is -2.22. The van der Waals surface area contributed by atoms with E-state index in [9.17, 15) is 8.42 Å². The van der Waals surface area contributed by atoms with Crippen molar-refractivity contribution in [3.05, 3.63) is 71.1 Å². The van der Waals surface area contributed by atoms with Crippen molar-refractivity contribution < 1.29 is 12.9 Å². The van der Waals surface area contributed by atoms with E-state index in [0.717, 1.165) is 30.4 Å². The van der Waals surface area contributed by atoms with Gasteiger partial charge in [0.2, 0.25) is 21.7 Å². The minimum Gasteiger partial charge on any atom is -0.339 e. The fourth-order valence-corrected chi connectivity index (χ4v) is 6.18. The van der Waals surface area contributed by atoms with Gasteiger partial charge in [-0.3, -0.25) is 0 Å². The Morgan fingerprint density at radius 3 is 2.60 bits per heavy atom. The summed E-state index contributed by atoms with van der Waals surface area (Å²) in [5.41, 5.74) is 1.73. The molecule has 2 aromatic carbocycles. The monoisotopic (exact) mass is 443 g/mol. The molecule has 0 radical (unpaired) electrons. The van der Waals surface area contributed by atoms with E-state index < -0.39 is 10.0 Å². The van der Waals surface area contributed by atoms with E-state index in [4.69, 9.17) is 16.1 Å². The third kappa shape index (κ3) is 3.77. The highest BCUT2D eigenvalue weighted by molar-refractivity contribution is 7.88. The SMILES string of the molecule is O=S(=O)(Cc1ccccc1)N1CCC2(CC1)C[C@@H]2c1nc(-c2cccc(Cl)c2)no1. The van der Waals surface area contributed by atoms with Crippen LogP contribution in [0, 0.1) is 5.41 Å². The average molecular weight is 444 g/mol. The van der Waals surface area contributed by atoms with Crippen LogP contribution in [-0.4, -0.2) is 36.0 Å². The van der Waals surface area contributed by atoms with Crippen LogP contribution in [0.1, 0.15) is 36.6 Å². The van der Waals surface area contributed by atoms with E-state index in [1.54, 1.807) is 4.31 Å². The average Bonchev–Trinajstić information content (AvgIpc) is 3.20. The summed E-state index contributed by atoms with van der Waals surface area (Å²) in [4.78, 5) is 4.59. The van der Waals surface area contributed by atoms with Gasteiger partial charge in [0.1, 0.15) is 0 Å². The summed E-state index contributed by atoms with van der Waals surface area (Å²) in [5.74, 6) is 1.44. The van der Waals surface area contributed by atoms with Crippen LogP contribution >= 0.6 is 11.6 Å². The molecule has 3 aromatic rings. The fourth-order valence-electron chi connectivity index (χ4n) is 4.46. The minimum absolute atomic E-state index is 0.0525. The lowest BCUT2D eigenvalue weighted by molar-refractivity contribution is 0.242. The lowest BCUT2D eigenvalue weighted by Crippen LogP contribution is -2.40. The molecule has 5 rings (SSSR count). The summed E-state index contributed by atoms with van der Waals surface area (Å²) in [6, 6.07) is 16.7. The largest absolute Gasteiger partial charge is 0.339 e. The van der Waals surface area contributed by atoms with E-state index in [1.807, 2.05) is 54.6 Å². The van der Waals surface area contributed by atoms with Crippen LogP contribution in [0.25, 0.3) is 11.4 Å². The lowest BCUT2D eigenvalue weighted by atomic mass is 9.92. The normalized spacial score (nSPS) is 21.0. The van der Waals surface area contributed by atoms with Gasteiger partial charge in [-0.1, -0.05) is 59.2 Å². The first-order valence-electron chi connectivity index (χ1n) is 10.1. The van der Waals surface area contributed by atoms with Crippen molar-refractivity contribution in [1.29, 1.82) is 0 Å². The Labute approximate surface area is 180 Å². The topological polar surface area (TPSA) is 76.3 Å². The second-order valence-electron chi connectivity index (χ2n) is 8.23. The zero-order valence-electron chi connectivity index (χ0n) is 16.4. The van der Waals surface area contributed by atoms with Gasteiger partial charge >= 0.3 is 0 Å². The Balaban J connectivity index is 1.24. The van der Waals surface area contributed by atoms with Crippen LogP contribution in [0.2, 0.25) is 5.02 Å². The first-order chi connectivity index (χ1) is 14.5. The van der Waals surface area contributed by atoms with Crippen molar-refractivity contribution in [3.8, 4) is 11.4 Å². The molecule has 1 aliphatic carbocycles. The van der Waals surface area contributed by atoms with Gasteiger partial charge in [0.15, 0.2) is 0 Å². The quantitative estimate of drug-likeness (QED) is 0.580. The Bertz CT molecular complexity index is 1160. The number of piperidine rings is 1. The predicted molar refractivity (Wildman–Crippen MR) is 114 cm³/mol. The highest BCUT2D eigenvalue weighted by atomic mass is 35.5. The third-order valence-electron chi connectivity index (χ3n) is 6.32. The van der Waals surface area contributed by atoms with Crippen LogP contribution in [-0.2, 0) is 15.8 Å².